The lowest BCUT2D eigenvalue weighted by atomic mass is 10.2. The van der Waals surface area contributed by atoms with Gasteiger partial charge in [-0.05, 0) is 27.7 Å². The Hall–Kier alpha value is -2.62. The smallest absolute Gasteiger partial charge is 0.410 e. The molecule has 1 saturated heterocycles. The Morgan fingerprint density at radius 1 is 1.21 bits per heavy atom. The third-order valence-electron chi connectivity index (χ3n) is 4.16. The maximum atomic E-state index is 12.3. The third kappa shape index (κ3) is 4.27. The Balaban J connectivity index is 1.83. The number of anilines is 2. The molecule has 2 N–H and O–H groups in total. The molecule has 2 aromatic rings. The Morgan fingerprint density at radius 2 is 1.89 bits per heavy atom. The van der Waals surface area contributed by atoms with Gasteiger partial charge < -0.3 is 25.0 Å². The predicted octanol–water partition coefficient (Wildman–Crippen LogP) is 2.51. The number of piperazine rings is 1. The SMILES string of the molecule is CCOC(=O)c1csc2nc(N)nc(N3CCN(C(=O)OC(C)(C)C)CC3)c12. The number of aromatic nitrogens is 2. The number of nitrogens with zero attached hydrogens (tertiary/aromatic N) is 4. The fraction of sp³-hybridized carbons (Fsp3) is 0.556. The molecule has 0 saturated carbocycles. The second-order valence-electron chi connectivity index (χ2n) is 7.41. The van der Waals surface area contributed by atoms with Crippen LogP contribution in [0.5, 0.6) is 0 Å². The van der Waals surface area contributed by atoms with Crippen LogP contribution < -0.4 is 10.6 Å². The first kappa shape index (κ1) is 20.1. The number of esters is 1. The van der Waals surface area contributed by atoms with Gasteiger partial charge in [0.1, 0.15) is 16.2 Å². The van der Waals surface area contributed by atoms with Crippen molar-refractivity contribution in [3.05, 3.63) is 10.9 Å². The Morgan fingerprint density at radius 3 is 2.50 bits per heavy atom. The molecule has 0 aromatic carbocycles. The molecule has 2 aromatic heterocycles. The van der Waals surface area contributed by atoms with Gasteiger partial charge in [0.15, 0.2) is 0 Å². The molecule has 1 aliphatic heterocycles. The van der Waals surface area contributed by atoms with Crippen molar-refractivity contribution in [3.8, 4) is 0 Å². The number of carbonyl (C=O) groups is 2. The molecule has 0 aliphatic carbocycles. The van der Waals surface area contributed by atoms with Gasteiger partial charge in [-0.15, -0.1) is 11.3 Å². The summed E-state index contributed by atoms with van der Waals surface area (Å²) in [5.41, 5.74) is 5.78. The zero-order valence-corrected chi connectivity index (χ0v) is 17.3. The summed E-state index contributed by atoms with van der Waals surface area (Å²) in [6, 6.07) is 0. The number of amides is 1. The van der Waals surface area contributed by atoms with Crippen molar-refractivity contribution in [2.45, 2.75) is 33.3 Å². The fourth-order valence-electron chi connectivity index (χ4n) is 2.95. The first-order valence-electron chi connectivity index (χ1n) is 9.14. The summed E-state index contributed by atoms with van der Waals surface area (Å²) < 4.78 is 10.6. The number of nitrogen functional groups attached to an aromatic ring is 1. The van der Waals surface area contributed by atoms with Crippen LogP contribution in [0.2, 0.25) is 0 Å². The minimum atomic E-state index is -0.535. The number of fused-ring (bicyclic) bond motifs is 1. The van der Waals surface area contributed by atoms with Gasteiger partial charge in [-0.2, -0.15) is 4.98 Å². The van der Waals surface area contributed by atoms with Crippen molar-refractivity contribution >= 4 is 45.4 Å². The topological polar surface area (TPSA) is 111 Å². The highest BCUT2D eigenvalue weighted by molar-refractivity contribution is 7.17. The van der Waals surface area contributed by atoms with Gasteiger partial charge in [-0.3, -0.25) is 0 Å². The lowest BCUT2D eigenvalue weighted by molar-refractivity contribution is 0.0240. The minimum Gasteiger partial charge on any atom is -0.462 e. The van der Waals surface area contributed by atoms with E-state index >= 15 is 0 Å². The lowest BCUT2D eigenvalue weighted by Gasteiger charge is -2.36. The summed E-state index contributed by atoms with van der Waals surface area (Å²) in [4.78, 5) is 37.6. The van der Waals surface area contributed by atoms with E-state index in [9.17, 15) is 9.59 Å². The van der Waals surface area contributed by atoms with E-state index in [1.165, 1.54) is 11.3 Å². The molecule has 0 spiro atoms. The predicted molar refractivity (Wildman–Crippen MR) is 108 cm³/mol. The molecule has 0 atom stereocenters. The zero-order chi connectivity index (χ0) is 20.5. The molecule has 28 heavy (non-hydrogen) atoms. The lowest BCUT2D eigenvalue weighted by Crippen LogP contribution is -2.50. The van der Waals surface area contributed by atoms with Crippen LogP contribution in [0.1, 0.15) is 38.1 Å². The quantitative estimate of drug-likeness (QED) is 0.773. The summed E-state index contributed by atoms with van der Waals surface area (Å²) in [6.45, 7) is 9.64. The molecular weight excluding hydrogens is 382 g/mol. The van der Waals surface area contributed by atoms with Crippen molar-refractivity contribution in [1.82, 2.24) is 14.9 Å². The van der Waals surface area contributed by atoms with E-state index in [0.717, 1.165) is 0 Å². The van der Waals surface area contributed by atoms with E-state index in [4.69, 9.17) is 15.2 Å². The normalized spacial score (nSPS) is 15.0. The highest BCUT2D eigenvalue weighted by Crippen LogP contribution is 2.33. The molecule has 9 nitrogen and oxygen atoms in total. The zero-order valence-electron chi connectivity index (χ0n) is 16.5. The first-order valence-corrected chi connectivity index (χ1v) is 10.0. The van der Waals surface area contributed by atoms with E-state index in [1.807, 2.05) is 25.7 Å². The Labute approximate surface area is 167 Å². The second kappa shape index (κ2) is 7.78. The molecule has 1 amide bonds. The van der Waals surface area contributed by atoms with E-state index < -0.39 is 11.6 Å². The number of thiophene rings is 1. The van der Waals surface area contributed by atoms with E-state index in [-0.39, 0.29) is 18.6 Å². The van der Waals surface area contributed by atoms with Crippen LogP contribution in [0.25, 0.3) is 10.2 Å². The van der Waals surface area contributed by atoms with Crippen LogP contribution in [0.3, 0.4) is 0 Å². The van der Waals surface area contributed by atoms with Crippen molar-refractivity contribution in [2.24, 2.45) is 0 Å². The summed E-state index contributed by atoms with van der Waals surface area (Å²) in [6.07, 6.45) is -0.331. The van der Waals surface area contributed by atoms with E-state index in [1.54, 1.807) is 17.2 Å². The summed E-state index contributed by atoms with van der Waals surface area (Å²) in [5, 5.41) is 2.36. The van der Waals surface area contributed by atoms with Gasteiger partial charge >= 0.3 is 12.1 Å². The van der Waals surface area contributed by atoms with Crippen molar-refractivity contribution < 1.29 is 19.1 Å². The van der Waals surface area contributed by atoms with Crippen molar-refractivity contribution in [2.75, 3.05) is 43.4 Å². The molecule has 152 valence electrons. The second-order valence-corrected chi connectivity index (χ2v) is 8.27. The van der Waals surface area contributed by atoms with Gasteiger partial charge in [0, 0.05) is 31.6 Å². The molecule has 0 unspecified atom stereocenters. The van der Waals surface area contributed by atoms with Crippen LogP contribution in [0.15, 0.2) is 5.38 Å². The van der Waals surface area contributed by atoms with Gasteiger partial charge in [-0.1, -0.05) is 0 Å². The molecular formula is C18H25N5O4S. The number of hydrogen-bond acceptors (Lipinski definition) is 9. The largest absolute Gasteiger partial charge is 0.462 e. The summed E-state index contributed by atoms with van der Waals surface area (Å²) in [5.74, 6) is 0.334. The molecule has 1 fully saturated rings. The Kier molecular flexibility index (Phi) is 5.59. The molecule has 3 heterocycles. The maximum absolute atomic E-state index is 12.3. The van der Waals surface area contributed by atoms with Gasteiger partial charge in [0.05, 0.1) is 17.6 Å². The number of ether oxygens (including phenoxy) is 2. The fourth-order valence-corrected chi connectivity index (χ4v) is 3.86. The monoisotopic (exact) mass is 407 g/mol. The van der Waals surface area contributed by atoms with Crippen LogP contribution >= 0.6 is 11.3 Å². The van der Waals surface area contributed by atoms with Gasteiger partial charge in [0.2, 0.25) is 5.95 Å². The molecule has 0 radical (unpaired) electrons. The molecule has 1 aliphatic rings. The molecule has 3 rings (SSSR count). The van der Waals surface area contributed by atoms with E-state index in [2.05, 4.69) is 9.97 Å². The van der Waals surface area contributed by atoms with E-state index in [0.29, 0.717) is 47.8 Å². The van der Waals surface area contributed by atoms with Crippen molar-refractivity contribution in [3.63, 3.8) is 0 Å². The number of rotatable bonds is 3. The average molecular weight is 407 g/mol. The van der Waals surface area contributed by atoms with Crippen LogP contribution in [-0.2, 0) is 9.47 Å². The van der Waals surface area contributed by atoms with Crippen LogP contribution in [0, 0.1) is 0 Å². The van der Waals surface area contributed by atoms with Crippen LogP contribution in [0.4, 0.5) is 16.6 Å². The molecule has 0 bridgehead atoms. The average Bonchev–Trinajstić information content (AvgIpc) is 3.03. The maximum Gasteiger partial charge on any atom is 0.410 e. The highest BCUT2D eigenvalue weighted by atomic mass is 32.1. The van der Waals surface area contributed by atoms with Crippen LogP contribution in [-0.4, -0.2) is 65.3 Å². The third-order valence-corrected chi connectivity index (χ3v) is 5.03. The summed E-state index contributed by atoms with van der Waals surface area (Å²) in [7, 11) is 0. The minimum absolute atomic E-state index is 0.148. The standard InChI is InChI=1S/C18H25N5O4S/c1-5-26-15(24)11-10-28-14-12(11)13(20-16(19)21-14)22-6-8-23(9-7-22)17(25)27-18(2,3)4/h10H,5-9H2,1-4H3,(H2,19,20,21). The summed E-state index contributed by atoms with van der Waals surface area (Å²) >= 11 is 1.33. The number of nitrogens with two attached hydrogens (primary N) is 1. The number of carbonyl (C=O) groups excluding carboxylic acids is 2. The van der Waals surface area contributed by atoms with Gasteiger partial charge in [-0.25, -0.2) is 14.6 Å². The highest BCUT2D eigenvalue weighted by Gasteiger charge is 2.29. The first-order chi connectivity index (χ1) is 13.2. The number of hydrogen-bond donors (Lipinski definition) is 1. The van der Waals surface area contributed by atoms with Crippen molar-refractivity contribution in [1.29, 1.82) is 0 Å². The molecule has 10 heteroatoms. The van der Waals surface area contributed by atoms with Gasteiger partial charge in [0.25, 0.3) is 0 Å². The Bertz CT molecular complexity index is 884.